The van der Waals surface area contributed by atoms with Crippen molar-refractivity contribution in [2.75, 3.05) is 12.3 Å². The van der Waals surface area contributed by atoms with E-state index in [1.54, 1.807) is 0 Å². The smallest absolute Gasteiger partial charge is 0.261 e. The first kappa shape index (κ1) is 10.7. The Labute approximate surface area is 103 Å². The van der Waals surface area contributed by atoms with Crippen molar-refractivity contribution in [1.29, 1.82) is 0 Å². The molecule has 6 heteroatoms. The van der Waals surface area contributed by atoms with Gasteiger partial charge in [-0.15, -0.1) is 11.3 Å². The first-order valence-electron chi connectivity index (χ1n) is 5.55. The summed E-state index contributed by atoms with van der Waals surface area (Å²) >= 11 is 1.52. The minimum Gasteiger partial charge on any atom is -0.390 e. The molecular formula is C11H13N3O2S. The molecule has 0 aromatic carbocycles. The molecule has 90 valence electrons. The van der Waals surface area contributed by atoms with E-state index in [1.807, 2.05) is 13.0 Å². The molecule has 2 aromatic heterocycles. The molecule has 0 bridgehead atoms. The minimum absolute atomic E-state index is 0.0199. The summed E-state index contributed by atoms with van der Waals surface area (Å²) in [4.78, 5) is 5.49. The molecule has 1 atom stereocenters. The van der Waals surface area contributed by atoms with E-state index in [0.29, 0.717) is 16.7 Å². The van der Waals surface area contributed by atoms with E-state index in [9.17, 15) is 0 Å². The van der Waals surface area contributed by atoms with Gasteiger partial charge in [0, 0.05) is 11.5 Å². The lowest BCUT2D eigenvalue weighted by molar-refractivity contribution is 0.103. The molecule has 2 N–H and O–H groups in total. The van der Waals surface area contributed by atoms with Crippen molar-refractivity contribution in [3.63, 3.8) is 0 Å². The molecule has 0 radical (unpaired) electrons. The van der Waals surface area contributed by atoms with Crippen molar-refractivity contribution < 1.29 is 9.26 Å². The van der Waals surface area contributed by atoms with Crippen LogP contribution < -0.4 is 5.73 Å². The van der Waals surface area contributed by atoms with Crippen LogP contribution >= 0.6 is 11.3 Å². The zero-order chi connectivity index (χ0) is 11.8. The van der Waals surface area contributed by atoms with Gasteiger partial charge in [0.1, 0.15) is 6.10 Å². The second kappa shape index (κ2) is 4.12. The topological polar surface area (TPSA) is 74.2 Å². The van der Waals surface area contributed by atoms with Gasteiger partial charge in [-0.1, -0.05) is 5.16 Å². The number of nitrogens with zero attached hydrogens (tertiary/aromatic N) is 2. The van der Waals surface area contributed by atoms with Crippen molar-refractivity contribution in [2.24, 2.45) is 0 Å². The maximum atomic E-state index is 5.90. The molecule has 1 unspecified atom stereocenters. The summed E-state index contributed by atoms with van der Waals surface area (Å²) in [7, 11) is 0. The molecule has 1 saturated heterocycles. The molecule has 1 fully saturated rings. The molecule has 0 spiro atoms. The molecule has 0 aliphatic carbocycles. The van der Waals surface area contributed by atoms with Crippen LogP contribution in [0.1, 0.15) is 29.6 Å². The van der Waals surface area contributed by atoms with Crippen LogP contribution in [0.5, 0.6) is 0 Å². The van der Waals surface area contributed by atoms with E-state index >= 15 is 0 Å². The van der Waals surface area contributed by atoms with E-state index in [2.05, 4.69) is 10.1 Å². The van der Waals surface area contributed by atoms with Crippen molar-refractivity contribution in [1.82, 2.24) is 10.1 Å². The highest BCUT2D eigenvalue weighted by atomic mass is 32.1. The second-order valence-corrected chi connectivity index (χ2v) is 5.38. The Morgan fingerprint density at radius 3 is 3.06 bits per heavy atom. The van der Waals surface area contributed by atoms with Gasteiger partial charge in [0.25, 0.3) is 5.89 Å². The van der Waals surface area contributed by atoms with Gasteiger partial charge >= 0.3 is 0 Å². The van der Waals surface area contributed by atoms with Gasteiger partial charge in [-0.05, 0) is 25.8 Å². The molecule has 1 aliphatic heterocycles. The first-order chi connectivity index (χ1) is 8.24. The number of ether oxygens (including phenoxy) is 1. The van der Waals surface area contributed by atoms with Gasteiger partial charge in [0.05, 0.1) is 10.6 Å². The maximum Gasteiger partial charge on any atom is 0.261 e. The summed E-state index contributed by atoms with van der Waals surface area (Å²) in [5.41, 5.74) is 6.72. The highest BCUT2D eigenvalue weighted by molar-refractivity contribution is 7.16. The monoisotopic (exact) mass is 251 g/mol. The summed E-state index contributed by atoms with van der Waals surface area (Å²) in [6, 6.07) is 1.97. The SMILES string of the molecule is Cc1cc(-c2nc(C3CCCO3)no2)c(N)s1. The van der Waals surface area contributed by atoms with Crippen molar-refractivity contribution >= 4 is 16.3 Å². The van der Waals surface area contributed by atoms with Gasteiger partial charge in [-0.2, -0.15) is 4.98 Å². The molecule has 17 heavy (non-hydrogen) atoms. The summed E-state index contributed by atoms with van der Waals surface area (Å²) in [5, 5.41) is 4.68. The predicted octanol–water partition coefficient (Wildman–Crippen LogP) is 2.54. The van der Waals surface area contributed by atoms with Crippen LogP contribution in [0.4, 0.5) is 5.00 Å². The molecule has 2 aromatic rings. The number of anilines is 1. The fraction of sp³-hybridized carbons (Fsp3) is 0.455. The van der Waals surface area contributed by atoms with Gasteiger partial charge in [0.2, 0.25) is 5.82 Å². The van der Waals surface area contributed by atoms with Crippen LogP contribution in [0, 0.1) is 6.92 Å². The molecule has 3 rings (SSSR count). The Morgan fingerprint density at radius 2 is 2.41 bits per heavy atom. The third kappa shape index (κ3) is 1.94. The average Bonchev–Trinajstić information content (AvgIpc) is 2.97. The Morgan fingerprint density at radius 1 is 1.53 bits per heavy atom. The Bertz CT molecular complexity index is 529. The zero-order valence-electron chi connectivity index (χ0n) is 9.47. The maximum absolute atomic E-state index is 5.90. The van der Waals surface area contributed by atoms with Crippen LogP contribution in [0.15, 0.2) is 10.6 Å². The lowest BCUT2D eigenvalue weighted by atomic mass is 10.2. The highest BCUT2D eigenvalue weighted by Gasteiger charge is 2.24. The largest absolute Gasteiger partial charge is 0.390 e. The lowest BCUT2D eigenvalue weighted by Gasteiger charge is -2.00. The summed E-state index contributed by atoms with van der Waals surface area (Å²) in [5.74, 6) is 1.11. The van der Waals surface area contributed by atoms with Gasteiger partial charge in [-0.25, -0.2) is 0 Å². The number of nitrogen functional groups attached to an aromatic ring is 1. The predicted molar refractivity (Wildman–Crippen MR) is 64.7 cm³/mol. The number of nitrogens with two attached hydrogens (primary N) is 1. The Hall–Kier alpha value is -1.40. The van der Waals surface area contributed by atoms with E-state index in [0.717, 1.165) is 29.9 Å². The summed E-state index contributed by atoms with van der Waals surface area (Å²) in [6.45, 7) is 2.77. The van der Waals surface area contributed by atoms with Crippen LogP contribution in [0.2, 0.25) is 0 Å². The quantitative estimate of drug-likeness (QED) is 0.887. The van der Waals surface area contributed by atoms with Crippen molar-refractivity contribution in [3.05, 3.63) is 16.8 Å². The van der Waals surface area contributed by atoms with E-state index in [4.69, 9.17) is 15.0 Å². The standard InChI is InChI=1S/C11H13N3O2S/c1-6-5-7(9(12)17-6)11-13-10(14-16-11)8-3-2-4-15-8/h5,8H,2-4,12H2,1H3. The summed E-state index contributed by atoms with van der Waals surface area (Å²) < 4.78 is 10.8. The van der Waals surface area contributed by atoms with E-state index < -0.39 is 0 Å². The van der Waals surface area contributed by atoms with Crippen molar-refractivity contribution in [2.45, 2.75) is 25.9 Å². The van der Waals surface area contributed by atoms with Gasteiger partial charge < -0.3 is 15.0 Å². The van der Waals surface area contributed by atoms with Crippen molar-refractivity contribution in [3.8, 4) is 11.5 Å². The number of thiophene rings is 1. The zero-order valence-corrected chi connectivity index (χ0v) is 10.3. The molecule has 0 amide bonds. The van der Waals surface area contributed by atoms with Gasteiger partial charge in [0.15, 0.2) is 0 Å². The molecular weight excluding hydrogens is 238 g/mol. The summed E-state index contributed by atoms with van der Waals surface area (Å²) in [6.07, 6.45) is 1.99. The Kier molecular flexibility index (Phi) is 2.60. The Balaban J connectivity index is 1.91. The number of rotatable bonds is 2. The van der Waals surface area contributed by atoms with Crippen LogP contribution in [0.3, 0.4) is 0 Å². The number of hydrogen-bond acceptors (Lipinski definition) is 6. The highest BCUT2D eigenvalue weighted by Crippen LogP contribution is 2.34. The van der Waals surface area contributed by atoms with Crippen LogP contribution in [-0.4, -0.2) is 16.7 Å². The van der Waals surface area contributed by atoms with Gasteiger partial charge in [-0.3, -0.25) is 0 Å². The lowest BCUT2D eigenvalue weighted by Crippen LogP contribution is -1.97. The normalized spacial score (nSPS) is 19.9. The molecule has 5 nitrogen and oxygen atoms in total. The first-order valence-corrected chi connectivity index (χ1v) is 6.37. The fourth-order valence-electron chi connectivity index (χ4n) is 1.96. The number of hydrogen-bond donors (Lipinski definition) is 1. The second-order valence-electron chi connectivity index (χ2n) is 4.09. The molecule has 3 heterocycles. The third-order valence-electron chi connectivity index (χ3n) is 2.77. The fourth-order valence-corrected chi connectivity index (χ4v) is 2.74. The average molecular weight is 251 g/mol. The number of aryl methyl sites for hydroxylation is 1. The van der Waals surface area contributed by atoms with E-state index in [1.165, 1.54) is 11.3 Å². The number of aromatic nitrogens is 2. The third-order valence-corrected chi connectivity index (χ3v) is 3.65. The molecule has 0 saturated carbocycles. The van der Waals surface area contributed by atoms with Crippen LogP contribution in [-0.2, 0) is 4.74 Å². The van der Waals surface area contributed by atoms with E-state index in [-0.39, 0.29) is 6.10 Å². The minimum atomic E-state index is -0.0199. The van der Waals surface area contributed by atoms with Crippen LogP contribution in [0.25, 0.3) is 11.5 Å². The molecule has 1 aliphatic rings.